The third-order valence-electron chi connectivity index (χ3n) is 3.13. The number of hydrogen-bond acceptors (Lipinski definition) is 3. The second-order valence-corrected chi connectivity index (χ2v) is 4.52. The third-order valence-corrected chi connectivity index (χ3v) is 3.13. The minimum Gasteiger partial charge on any atom is -0.508 e. The van der Waals surface area contributed by atoms with E-state index in [1.165, 1.54) is 0 Å². The normalized spacial score (nSPS) is 22.8. The standard InChI is InChI=1S/C14H17NO2/c1-10-3-2-4-11(14(10)17)9-15-12-5-7-13(16)8-6-12/h5-10,15-16H,2-4H2,1H3/b11-9-. The Bertz CT molecular complexity index is 434. The molecule has 0 aromatic heterocycles. The molecule has 2 N–H and O–H groups in total. The highest BCUT2D eigenvalue weighted by Crippen LogP contribution is 2.25. The van der Waals surface area contributed by atoms with E-state index in [1.54, 1.807) is 30.5 Å². The summed E-state index contributed by atoms with van der Waals surface area (Å²) in [6.45, 7) is 1.98. The molecule has 0 radical (unpaired) electrons. The van der Waals surface area contributed by atoms with Gasteiger partial charge in [-0.25, -0.2) is 0 Å². The zero-order valence-corrected chi connectivity index (χ0v) is 9.94. The number of phenols is 1. The van der Waals surface area contributed by atoms with Gasteiger partial charge in [0, 0.05) is 23.4 Å². The van der Waals surface area contributed by atoms with Gasteiger partial charge >= 0.3 is 0 Å². The molecule has 3 heteroatoms. The van der Waals surface area contributed by atoms with Crippen LogP contribution in [0.5, 0.6) is 5.75 Å². The number of hydrogen-bond donors (Lipinski definition) is 2. The van der Waals surface area contributed by atoms with Crippen molar-refractivity contribution in [3.63, 3.8) is 0 Å². The van der Waals surface area contributed by atoms with Gasteiger partial charge in [0.1, 0.15) is 5.75 Å². The molecule has 1 aromatic carbocycles. The molecular formula is C14H17NO2. The third kappa shape index (κ3) is 2.87. The molecule has 1 saturated carbocycles. The van der Waals surface area contributed by atoms with E-state index in [-0.39, 0.29) is 17.5 Å². The number of rotatable bonds is 2. The van der Waals surface area contributed by atoms with Gasteiger partial charge in [0.15, 0.2) is 5.78 Å². The van der Waals surface area contributed by atoms with E-state index in [0.717, 1.165) is 30.5 Å². The molecule has 0 aliphatic heterocycles. The summed E-state index contributed by atoms with van der Waals surface area (Å²) in [6.07, 6.45) is 4.73. The highest BCUT2D eigenvalue weighted by Gasteiger charge is 2.22. The number of benzene rings is 1. The molecule has 0 heterocycles. The number of carbonyl (C=O) groups is 1. The van der Waals surface area contributed by atoms with E-state index in [9.17, 15) is 4.79 Å². The first-order valence-corrected chi connectivity index (χ1v) is 5.95. The molecule has 0 amide bonds. The number of phenolic OH excluding ortho intramolecular Hbond substituents is 1. The van der Waals surface area contributed by atoms with Gasteiger partial charge < -0.3 is 10.4 Å². The van der Waals surface area contributed by atoms with Gasteiger partial charge in [-0.1, -0.05) is 6.92 Å². The number of anilines is 1. The van der Waals surface area contributed by atoms with Gasteiger partial charge in [0.05, 0.1) is 0 Å². The summed E-state index contributed by atoms with van der Waals surface area (Å²) in [5, 5.41) is 12.3. The molecule has 1 aliphatic rings. The maximum atomic E-state index is 11.9. The van der Waals surface area contributed by atoms with Crippen LogP contribution in [0.2, 0.25) is 0 Å². The Labute approximate surface area is 101 Å². The summed E-state index contributed by atoms with van der Waals surface area (Å²) in [7, 11) is 0. The topological polar surface area (TPSA) is 49.3 Å². The Morgan fingerprint density at radius 1 is 1.35 bits per heavy atom. The van der Waals surface area contributed by atoms with Crippen molar-refractivity contribution >= 4 is 11.5 Å². The number of nitrogens with one attached hydrogen (secondary N) is 1. The molecule has 0 bridgehead atoms. The van der Waals surface area contributed by atoms with Crippen LogP contribution in [0.15, 0.2) is 36.0 Å². The number of carbonyl (C=O) groups excluding carboxylic acids is 1. The lowest BCUT2D eigenvalue weighted by Crippen LogP contribution is -2.19. The van der Waals surface area contributed by atoms with Crippen LogP contribution in [-0.4, -0.2) is 10.9 Å². The Morgan fingerprint density at radius 3 is 2.76 bits per heavy atom. The van der Waals surface area contributed by atoms with E-state index in [2.05, 4.69) is 5.32 Å². The second-order valence-electron chi connectivity index (χ2n) is 4.52. The molecule has 1 aliphatic carbocycles. The van der Waals surface area contributed by atoms with Crippen molar-refractivity contribution in [3.05, 3.63) is 36.0 Å². The molecule has 17 heavy (non-hydrogen) atoms. The molecule has 0 spiro atoms. The highest BCUT2D eigenvalue weighted by molar-refractivity contribution is 5.97. The highest BCUT2D eigenvalue weighted by atomic mass is 16.3. The first kappa shape index (κ1) is 11.7. The Hall–Kier alpha value is -1.77. The Kier molecular flexibility index (Phi) is 3.47. The number of aromatic hydroxyl groups is 1. The monoisotopic (exact) mass is 231 g/mol. The first-order chi connectivity index (χ1) is 8.16. The summed E-state index contributed by atoms with van der Waals surface area (Å²) in [6, 6.07) is 6.80. The fourth-order valence-corrected chi connectivity index (χ4v) is 2.04. The Balaban J connectivity index is 2.04. The molecular weight excluding hydrogens is 214 g/mol. The summed E-state index contributed by atoms with van der Waals surface area (Å²) < 4.78 is 0. The van der Waals surface area contributed by atoms with E-state index < -0.39 is 0 Å². The maximum absolute atomic E-state index is 11.9. The fourth-order valence-electron chi connectivity index (χ4n) is 2.04. The predicted molar refractivity (Wildman–Crippen MR) is 67.8 cm³/mol. The quantitative estimate of drug-likeness (QED) is 0.607. The van der Waals surface area contributed by atoms with Crippen molar-refractivity contribution < 1.29 is 9.90 Å². The van der Waals surface area contributed by atoms with Crippen LogP contribution in [0.25, 0.3) is 0 Å². The zero-order chi connectivity index (χ0) is 12.3. The lowest BCUT2D eigenvalue weighted by Gasteiger charge is -2.19. The SMILES string of the molecule is CC1CCC/C(=C/Nc2ccc(O)cc2)C1=O. The molecule has 0 saturated heterocycles. The van der Waals surface area contributed by atoms with Gasteiger partial charge in [0.25, 0.3) is 0 Å². The van der Waals surface area contributed by atoms with Crippen LogP contribution in [0, 0.1) is 5.92 Å². The molecule has 1 atom stereocenters. The fraction of sp³-hybridized carbons (Fsp3) is 0.357. The molecule has 1 unspecified atom stereocenters. The van der Waals surface area contributed by atoms with Crippen molar-refractivity contribution in [2.24, 2.45) is 5.92 Å². The lowest BCUT2D eigenvalue weighted by atomic mass is 9.86. The minimum atomic E-state index is 0.150. The predicted octanol–water partition coefficient (Wildman–Crippen LogP) is 3.08. The number of ketones is 1. The largest absolute Gasteiger partial charge is 0.508 e. The van der Waals surface area contributed by atoms with Gasteiger partial charge in [-0.15, -0.1) is 0 Å². The van der Waals surface area contributed by atoms with Crippen LogP contribution >= 0.6 is 0 Å². The molecule has 1 fully saturated rings. The second kappa shape index (κ2) is 5.04. The summed E-state index contributed by atoms with van der Waals surface area (Å²) in [5.41, 5.74) is 1.75. The van der Waals surface area contributed by atoms with Crippen LogP contribution in [-0.2, 0) is 4.79 Å². The van der Waals surface area contributed by atoms with E-state index in [0.29, 0.717) is 0 Å². The number of Topliss-reactive ketones (excluding diaryl/α,β-unsaturated/α-hetero) is 1. The summed E-state index contributed by atoms with van der Waals surface area (Å²) in [5.74, 6) is 0.643. The van der Waals surface area contributed by atoms with Crippen LogP contribution in [0.1, 0.15) is 26.2 Å². The molecule has 1 aromatic rings. The van der Waals surface area contributed by atoms with Gasteiger partial charge in [-0.3, -0.25) is 4.79 Å². The van der Waals surface area contributed by atoms with Gasteiger partial charge in [-0.05, 0) is 43.5 Å². The minimum absolute atomic E-state index is 0.150. The van der Waals surface area contributed by atoms with Crippen LogP contribution in [0.4, 0.5) is 5.69 Å². The van der Waals surface area contributed by atoms with Gasteiger partial charge in [-0.2, -0.15) is 0 Å². The summed E-state index contributed by atoms with van der Waals surface area (Å²) >= 11 is 0. The van der Waals surface area contributed by atoms with E-state index in [1.807, 2.05) is 6.92 Å². The van der Waals surface area contributed by atoms with Crippen molar-refractivity contribution in [1.29, 1.82) is 0 Å². The first-order valence-electron chi connectivity index (χ1n) is 5.95. The maximum Gasteiger partial charge on any atom is 0.163 e. The van der Waals surface area contributed by atoms with E-state index >= 15 is 0 Å². The van der Waals surface area contributed by atoms with Gasteiger partial charge in [0.2, 0.25) is 0 Å². The summed E-state index contributed by atoms with van der Waals surface area (Å²) in [4.78, 5) is 11.9. The lowest BCUT2D eigenvalue weighted by molar-refractivity contribution is -0.119. The number of allylic oxidation sites excluding steroid dienone is 1. The molecule has 2 rings (SSSR count). The van der Waals surface area contributed by atoms with E-state index in [4.69, 9.17) is 5.11 Å². The van der Waals surface area contributed by atoms with Crippen molar-refractivity contribution in [2.45, 2.75) is 26.2 Å². The zero-order valence-electron chi connectivity index (χ0n) is 9.94. The van der Waals surface area contributed by atoms with Crippen LogP contribution < -0.4 is 5.32 Å². The smallest absolute Gasteiger partial charge is 0.163 e. The van der Waals surface area contributed by atoms with Crippen LogP contribution in [0.3, 0.4) is 0 Å². The average molecular weight is 231 g/mol. The van der Waals surface area contributed by atoms with Crippen molar-refractivity contribution in [3.8, 4) is 5.75 Å². The van der Waals surface area contributed by atoms with Crippen molar-refractivity contribution in [1.82, 2.24) is 0 Å². The Morgan fingerprint density at radius 2 is 2.06 bits per heavy atom. The molecule has 3 nitrogen and oxygen atoms in total. The molecule has 90 valence electrons. The van der Waals surface area contributed by atoms with Crippen molar-refractivity contribution in [2.75, 3.05) is 5.32 Å². The average Bonchev–Trinajstić information content (AvgIpc) is 2.33.